The topological polar surface area (TPSA) is 58.5 Å². The Hall–Kier alpha value is -2.37. The molecule has 0 aromatic heterocycles. The van der Waals surface area contributed by atoms with Crippen LogP contribution in [-0.4, -0.2) is 11.2 Å². The Morgan fingerprint density at radius 2 is 1.67 bits per heavy atom. The third kappa shape index (κ3) is 3.45. The molecule has 4 N–H and O–H groups in total. The molecular weight excluding hydrogens is 356 g/mol. The Morgan fingerprint density at radius 3 is 2.41 bits per heavy atom. The Kier molecular flexibility index (Phi) is 4.89. The van der Waals surface area contributed by atoms with Crippen molar-refractivity contribution in [1.29, 1.82) is 0 Å². The zero-order valence-electron chi connectivity index (χ0n) is 15.2. The summed E-state index contributed by atoms with van der Waals surface area (Å²) in [7, 11) is 0. The molecule has 4 nitrogen and oxygen atoms in total. The predicted molar refractivity (Wildman–Crippen MR) is 112 cm³/mol. The summed E-state index contributed by atoms with van der Waals surface area (Å²) < 4.78 is 0. The van der Waals surface area contributed by atoms with Gasteiger partial charge in [-0.15, -0.1) is 0 Å². The summed E-state index contributed by atoms with van der Waals surface area (Å²) in [6.07, 6.45) is -0.692. The quantitative estimate of drug-likeness (QED) is 0.704. The minimum atomic E-state index is -0.408. The number of hydrogen-bond acceptors (Lipinski definition) is 4. The summed E-state index contributed by atoms with van der Waals surface area (Å²) in [5.41, 5.74) is 18.8. The minimum Gasteiger partial charge on any atom is -0.312 e. The van der Waals surface area contributed by atoms with Crippen LogP contribution in [0.3, 0.4) is 0 Å². The molecule has 0 bridgehead atoms. The number of rotatable bonds is 3. The number of benzene rings is 3. The number of nitrogens with zero attached hydrogens (tertiary/aromatic N) is 2. The van der Waals surface area contributed by atoms with Crippen molar-refractivity contribution in [2.75, 3.05) is 4.90 Å². The average molecular weight is 379 g/mol. The maximum atomic E-state index is 6.72. The van der Waals surface area contributed by atoms with E-state index in [2.05, 4.69) is 53.1 Å². The van der Waals surface area contributed by atoms with Gasteiger partial charge in [-0.2, -0.15) is 0 Å². The van der Waals surface area contributed by atoms with Gasteiger partial charge in [0.1, 0.15) is 6.29 Å². The smallest absolute Gasteiger partial charge is 0.141 e. The van der Waals surface area contributed by atoms with Gasteiger partial charge in [0.05, 0.1) is 6.17 Å². The van der Waals surface area contributed by atoms with Gasteiger partial charge in [0.25, 0.3) is 0 Å². The predicted octanol–water partition coefficient (Wildman–Crippen LogP) is 4.50. The Bertz CT molecular complexity index is 941. The van der Waals surface area contributed by atoms with Crippen LogP contribution in [0.25, 0.3) is 0 Å². The van der Waals surface area contributed by atoms with E-state index in [1.165, 1.54) is 11.1 Å². The lowest BCUT2D eigenvalue weighted by Gasteiger charge is -2.47. The fourth-order valence-electron chi connectivity index (χ4n) is 3.61. The van der Waals surface area contributed by atoms with Gasteiger partial charge in [-0.3, -0.25) is 5.73 Å². The van der Waals surface area contributed by atoms with Crippen LogP contribution < -0.4 is 16.4 Å². The van der Waals surface area contributed by atoms with Crippen molar-refractivity contribution in [2.45, 2.75) is 25.9 Å². The second-order valence-electron chi connectivity index (χ2n) is 6.93. The summed E-state index contributed by atoms with van der Waals surface area (Å²) in [6.45, 7) is 2.74. The third-order valence-corrected chi connectivity index (χ3v) is 5.28. The van der Waals surface area contributed by atoms with E-state index in [0.29, 0.717) is 11.6 Å². The van der Waals surface area contributed by atoms with E-state index in [9.17, 15) is 0 Å². The molecule has 0 aliphatic carbocycles. The summed E-state index contributed by atoms with van der Waals surface area (Å²) in [4.78, 5) is 4.20. The normalized spacial score (nSPS) is 19.8. The lowest BCUT2D eigenvalue weighted by molar-refractivity contribution is 0.121. The van der Waals surface area contributed by atoms with Crippen LogP contribution in [0.1, 0.15) is 22.9 Å². The van der Waals surface area contributed by atoms with E-state index in [0.717, 1.165) is 16.9 Å². The molecule has 1 aliphatic heterocycles. The SMILES string of the molecule is Cc1ccc(CN2C(N)c3ccccc3N(c3cccc(Cl)c3)C2N)cc1. The van der Waals surface area contributed by atoms with Crippen LogP contribution in [-0.2, 0) is 6.54 Å². The van der Waals surface area contributed by atoms with Crippen LogP contribution in [0.15, 0.2) is 72.8 Å². The molecule has 0 saturated heterocycles. The van der Waals surface area contributed by atoms with Gasteiger partial charge < -0.3 is 10.6 Å². The van der Waals surface area contributed by atoms with Gasteiger partial charge in [-0.25, -0.2) is 4.90 Å². The molecule has 2 unspecified atom stereocenters. The lowest BCUT2D eigenvalue weighted by Crippen LogP contribution is -2.58. The molecule has 0 amide bonds. The summed E-state index contributed by atoms with van der Waals surface area (Å²) >= 11 is 6.24. The van der Waals surface area contributed by atoms with Crippen LogP contribution >= 0.6 is 11.6 Å². The molecule has 138 valence electrons. The van der Waals surface area contributed by atoms with Gasteiger partial charge in [0.15, 0.2) is 0 Å². The summed E-state index contributed by atoms with van der Waals surface area (Å²) in [5.74, 6) is 0. The van der Waals surface area contributed by atoms with Gasteiger partial charge >= 0.3 is 0 Å². The number of nitrogens with two attached hydrogens (primary N) is 2. The molecule has 27 heavy (non-hydrogen) atoms. The maximum absolute atomic E-state index is 6.72. The summed E-state index contributed by atoms with van der Waals surface area (Å²) in [5, 5.41) is 0.678. The third-order valence-electron chi connectivity index (χ3n) is 5.05. The second kappa shape index (κ2) is 7.33. The van der Waals surface area contributed by atoms with Gasteiger partial charge in [-0.05, 0) is 36.8 Å². The van der Waals surface area contributed by atoms with Crippen molar-refractivity contribution in [1.82, 2.24) is 4.90 Å². The number of fused-ring (bicyclic) bond motifs is 1. The first kappa shape index (κ1) is 18.0. The first-order valence-electron chi connectivity index (χ1n) is 9.01. The Balaban J connectivity index is 1.77. The van der Waals surface area contributed by atoms with Crippen LogP contribution in [0.2, 0.25) is 5.02 Å². The van der Waals surface area contributed by atoms with E-state index in [4.69, 9.17) is 23.1 Å². The first-order chi connectivity index (χ1) is 13.0. The van der Waals surface area contributed by atoms with Crippen LogP contribution in [0.5, 0.6) is 0 Å². The highest BCUT2D eigenvalue weighted by molar-refractivity contribution is 6.30. The molecule has 0 spiro atoms. The number of hydrogen-bond donors (Lipinski definition) is 2. The zero-order chi connectivity index (χ0) is 19.0. The van der Waals surface area contributed by atoms with E-state index in [1.54, 1.807) is 0 Å². The van der Waals surface area contributed by atoms with E-state index in [1.807, 2.05) is 36.4 Å². The highest BCUT2D eigenvalue weighted by atomic mass is 35.5. The molecule has 5 heteroatoms. The van der Waals surface area contributed by atoms with Crippen LogP contribution in [0.4, 0.5) is 11.4 Å². The monoisotopic (exact) mass is 378 g/mol. The van der Waals surface area contributed by atoms with Crippen molar-refractivity contribution in [3.05, 3.63) is 94.5 Å². The zero-order valence-corrected chi connectivity index (χ0v) is 16.0. The number of anilines is 2. The molecule has 1 aliphatic rings. The molecule has 1 heterocycles. The van der Waals surface area contributed by atoms with Crippen LogP contribution in [0, 0.1) is 6.92 Å². The average Bonchev–Trinajstić information content (AvgIpc) is 2.67. The van der Waals surface area contributed by atoms with Gasteiger partial charge in [0.2, 0.25) is 0 Å². The lowest BCUT2D eigenvalue weighted by atomic mass is 10.0. The molecule has 3 aromatic carbocycles. The molecule has 2 atom stereocenters. The summed E-state index contributed by atoms with van der Waals surface area (Å²) in [6, 6.07) is 24.3. The first-order valence-corrected chi connectivity index (χ1v) is 9.38. The van der Waals surface area contributed by atoms with Crippen molar-refractivity contribution in [3.63, 3.8) is 0 Å². The van der Waals surface area contributed by atoms with E-state index >= 15 is 0 Å². The van der Waals surface area contributed by atoms with Crippen molar-refractivity contribution in [3.8, 4) is 0 Å². The largest absolute Gasteiger partial charge is 0.312 e. The van der Waals surface area contributed by atoms with Gasteiger partial charge in [-0.1, -0.05) is 65.7 Å². The van der Waals surface area contributed by atoms with E-state index in [-0.39, 0.29) is 6.17 Å². The van der Waals surface area contributed by atoms with Gasteiger partial charge in [0, 0.05) is 28.5 Å². The fourth-order valence-corrected chi connectivity index (χ4v) is 3.79. The van der Waals surface area contributed by atoms with Crippen molar-refractivity contribution < 1.29 is 0 Å². The highest BCUT2D eigenvalue weighted by Gasteiger charge is 2.36. The van der Waals surface area contributed by atoms with Crippen molar-refractivity contribution in [2.24, 2.45) is 11.5 Å². The fraction of sp³-hybridized carbons (Fsp3) is 0.182. The molecule has 4 rings (SSSR count). The van der Waals surface area contributed by atoms with Crippen molar-refractivity contribution >= 4 is 23.0 Å². The molecule has 0 fully saturated rings. The molecule has 3 aromatic rings. The van der Waals surface area contributed by atoms with E-state index < -0.39 is 6.29 Å². The second-order valence-corrected chi connectivity index (χ2v) is 7.36. The number of para-hydroxylation sites is 1. The molecule has 0 radical (unpaired) electrons. The number of halogens is 1. The minimum absolute atomic E-state index is 0.284. The standard InChI is InChI=1S/C22H23ClN4/c1-15-9-11-16(12-10-15)14-26-21(24)19-7-2-3-8-20(19)27(22(26)25)18-6-4-5-17(23)13-18/h2-13,21-22H,14,24-25H2,1H3. The Morgan fingerprint density at radius 1 is 0.926 bits per heavy atom. The maximum Gasteiger partial charge on any atom is 0.141 e. The molecule has 0 saturated carbocycles. The molecular formula is C22H23ClN4. The highest BCUT2D eigenvalue weighted by Crippen LogP contribution is 2.40. The number of aryl methyl sites for hydroxylation is 1. The Labute approximate surface area is 165 Å².